The van der Waals surface area contributed by atoms with E-state index >= 15 is 0 Å². The molecule has 0 aliphatic heterocycles. The second kappa shape index (κ2) is 5.64. The number of hydrogen-bond acceptors (Lipinski definition) is 4. The van der Waals surface area contributed by atoms with Gasteiger partial charge in [0.15, 0.2) is 9.84 Å². The van der Waals surface area contributed by atoms with Gasteiger partial charge >= 0.3 is 0 Å². The molecule has 3 atom stereocenters. The number of benzene rings is 1. The van der Waals surface area contributed by atoms with Crippen LogP contribution < -0.4 is 10.5 Å². The van der Waals surface area contributed by atoms with Crippen molar-refractivity contribution in [2.45, 2.75) is 43.3 Å². The molecule has 1 aliphatic rings. The lowest BCUT2D eigenvalue weighted by Gasteiger charge is -2.32. The average molecular weight is 297 g/mol. The number of methoxy groups -OCH3 is 1. The largest absolute Gasteiger partial charge is 0.495 e. The Morgan fingerprint density at radius 3 is 2.50 bits per heavy atom. The summed E-state index contributed by atoms with van der Waals surface area (Å²) >= 11 is 0. The summed E-state index contributed by atoms with van der Waals surface area (Å²) in [6.07, 6.45) is 2.40. The lowest BCUT2D eigenvalue weighted by atomic mass is 9.81. The maximum Gasteiger partial charge on any atom is 0.184 e. The molecule has 0 spiro atoms. The summed E-state index contributed by atoms with van der Waals surface area (Å²) in [5, 5.41) is -0.314. The predicted molar refractivity (Wildman–Crippen MR) is 80.6 cm³/mol. The Morgan fingerprint density at radius 2 is 1.90 bits per heavy atom. The Labute approximate surface area is 121 Å². The van der Waals surface area contributed by atoms with E-state index in [9.17, 15) is 8.42 Å². The van der Waals surface area contributed by atoms with Gasteiger partial charge in [-0.2, -0.15) is 0 Å². The van der Waals surface area contributed by atoms with E-state index < -0.39 is 9.84 Å². The SMILES string of the molecule is COc1cc(N)ccc1S(=O)(=O)C1CCC(C)C(C)C1. The van der Waals surface area contributed by atoms with Crippen LogP contribution in [0.1, 0.15) is 33.1 Å². The number of ether oxygens (including phenoxy) is 1. The number of nitrogen functional groups attached to an aromatic ring is 1. The van der Waals surface area contributed by atoms with Crippen molar-refractivity contribution in [3.05, 3.63) is 18.2 Å². The van der Waals surface area contributed by atoms with Gasteiger partial charge in [0.05, 0.1) is 12.4 Å². The fraction of sp³-hybridized carbons (Fsp3) is 0.600. The van der Waals surface area contributed by atoms with E-state index in [1.807, 2.05) is 0 Å². The molecule has 2 rings (SSSR count). The van der Waals surface area contributed by atoms with Crippen molar-refractivity contribution in [1.29, 1.82) is 0 Å². The molecule has 1 aromatic rings. The van der Waals surface area contributed by atoms with E-state index in [0.717, 1.165) is 19.3 Å². The van der Waals surface area contributed by atoms with Gasteiger partial charge < -0.3 is 10.5 Å². The maximum atomic E-state index is 12.8. The first-order valence-electron chi connectivity index (χ1n) is 7.03. The highest BCUT2D eigenvalue weighted by molar-refractivity contribution is 7.92. The molecule has 0 bridgehead atoms. The first-order chi connectivity index (χ1) is 9.36. The fourth-order valence-corrected chi connectivity index (χ4v) is 4.92. The molecule has 0 heterocycles. The van der Waals surface area contributed by atoms with Gasteiger partial charge in [0.25, 0.3) is 0 Å². The molecule has 0 amide bonds. The van der Waals surface area contributed by atoms with E-state index in [2.05, 4.69) is 13.8 Å². The summed E-state index contributed by atoms with van der Waals surface area (Å²) in [6.45, 7) is 4.32. The molecule has 3 unspecified atom stereocenters. The van der Waals surface area contributed by atoms with Crippen LogP contribution in [0, 0.1) is 11.8 Å². The van der Waals surface area contributed by atoms with Crippen molar-refractivity contribution >= 4 is 15.5 Å². The minimum atomic E-state index is -3.36. The zero-order valence-electron chi connectivity index (χ0n) is 12.3. The summed E-state index contributed by atoms with van der Waals surface area (Å²) in [7, 11) is -1.89. The van der Waals surface area contributed by atoms with Crippen molar-refractivity contribution < 1.29 is 13.2 Å². The smallest absolute Gasteiger partial charge is 0.184 e. The monoisotopic (exact) mass is 297 g/mol. The van der Waals surface area contributed by atoms with Crippen LogP contribution in [0.5, 0.6) is 5.75 Å². The third kappa shape index (κ3) is 2.77. The van der Waals surface area contributed by atoms with Crippen LogP contribution >= 0.6 is 0 Å². The number of rotatable bonds is 3. The third-order valence-corrected chi connectivity index (χ3v) is 6.74. The molecule has 5 heteroatoms. The highest BCUT2D eigenvalue weighted by Crippen LogP contribution is 2.38. The Bertz CT molecular complexity index is 583. The van der Waals surface area contributed by atoms with Crippen molar-refractivity contribution in [1.82, 2.24) is 0 Å². The van der Waals surface area contributed by atoms with Crippen molar-refractivity contribution in [2.75, 3.05) is 12.8 Å². The topological polar surface area (TPSA) is 69.4 Å². The van der Waals surface area contributed by atoms with Gasteiger partial charge in [0, 0.05) is 11.8 Å². The van der Waals surface area contributed by atoms with Crippen molar-refractivity contribution in [3.8, 4) is 5.75 Å². The van der Waals surface area contributed by atoms with Crippen LogP contribution in [0.25, 0.3) is 0 Å². The third-order valence-electron chi connectivity index (χ3n) is 4.48. The van der Waals surface area contributed by atoms with Crippen LogP contribution in [-0.4, -0.2) is 20.8 Å². The van der Waals surface area contributed by atoms with E-state index in [1.54, 1.807) is 18.2 Å². The molecule has 20 heavy (non-hydrogen) atoms. The van der Waals surface area contributed by atoms with Crippen LogP contribution in [0.3, 0.4) is 0 Å². The molecular formula is C15H23NO3S. The maximum absolute atomic E-state index is 12.8. The van der Waals surface area contributed by atoms with Crippen LogP contribution in [0.4, 0.5) is 5.69 Å². The second-order valence-electron chi connectivity index (χ2n) is 5.84. The summed E-state index contributed by atoms with van der Waals surface area (Å²) in [6, 6.07) is 4.75. The molecule has 112 valence electrons. The summed E-state index contributed by atoms with van der Waals surface area (Å²) in [4.78, 5) is 0.265. The zero-order chi connectivity index (χ0) is 14.9. The van der Waals surface area contributed by atoms with Gasteiger partial charge in [0.2, 0.25) is 0 Å². The predicted octanol–water partition coefficient (Wildman–Crippen LogP) is 2.88. The molecule has 0 aromatic heterocycles. The number of hydrogen-bond donors (Lipinski definition) is 1. The molecule has 0 saturated heterocycles. The molecule has 1 fully saturated rings. The Morgan fingerprint density at radius 1 is 1.20 bits per heavy atom. The van der Waals surface area contributed by atoms with E-state index in [1.165, 1.54) is 7.11 Å². The van der Waals surface area contributed by atoms with Crippen LogP contribution in [0.2, 0.25) is 0 Å². The Kier molecular flexibility index (Phi) is 4.28. The molecule has 1 aromatic carbocycles. The van der Waals surface area contributed by atoms with E-state index in [0.29, 0.717) is 23.3 Å². The van der Waals surface area contributed by atoms with Crippen molar-refractivity contribution in [3.63, 3.8) is 0 Å². The second-order valence-corrected chi connectivity index (χ2v) is 8.04. The first kappa shape index (κ1) is 15.2. The average Bonchev–Trinajstić information content (AvgIpc) is 2.41. The van der Waals surface area contributed by atoms with Gasteiger partial charge in [-0.15, -0.1) is 0 Å². The molecule has 4 nitrogen and oxygen atoms in total. The minimum absolute atomic E-state index is 0.265. The zero-order valence-corrected chi connectivity index (χ0v) is 13.1. The number of anilines is 1. The summed E-state index contributed by atoms with van der Waals surface area (Å²) in [5.41, 5.74) is 6.20. The summed E-state index contributed by atoms with van der Waals surface area (Å²) < 4.78 is 30.8. The van der Waals surface area contributed by atoms with Crippen LogP contribution in [-0.2, 0) is 9.84 Å². The Hall–Kier alpha value is -1.23. The Balaban J connectivity index is 2.36. The quantitative estimate of drug-likeness (QED) is 0.871. The van der Waals surface area contributed by atoms with Crippen LogP contribution in [0.15, 0.2) is 23.1 Å². The summed E-state index contributed by atoms with van der Waals surface area (Å²) in [5.74, 6) is 1.37. The molecule has 1 aliphatic carbocycles. The van der Waals surface area contributed by atoms with E-state index in [-0.39, 0.29) is 10.1 Å². The van der Waals surface area contributed by atoms with Gasteiger partial charge in [-0.1, -0.05) is 13.8 Å². The van der Waals surface area contributed by atoms with Gasteiger partial charge in [-0.3, -0.25) is 0 Å². The number of sulfone groups is 1. The molecule has 2 N–H and O–H groups in total. The molecule has 1 saturated carbocycles. The lowest BCUT2D eigenvalue weighted by molar-refractivity contribution is 0.278. The van der Waals surface area contributed by atoms with E-state index in [4.69, 9.17) is 10.5 Å². The number of nitrogens with two attached hydrogens (primary N) is 1. The normalized spacial score (nSPS) is 27.2. The standard InChI is InChI=1S/C15H23NO3S/c1-10-4-6-13(8-11(10)2)20(17,18)15-7-5-12(16)9-14(15)19-3/h5,7,9-11,13H,4,6,8,16H2,1-3H3. The van der Waals surface area contributed by atoms with Gasteiger partial charge in [-0.25, -0.2) is 8.42 Å². The van der Waals surface area contributed by atoms with Gasteiger partial charge in [0.1, 0.15) is 10.6 Å². The highest BCUT2D eigenvalue weighted by atomic mass is 32.2. The molecule has 0 radical (unpaired) electrons. The minimum Gasteiger partial charge on any atom is -0.495 e. The fourth-order valence-electron chi connectivity index (χ4n) is 2.88. The highest BCUT2D eigenvalue weighted by Gasteiger charge is 2.35. The van der Waals surface area contributed by atoms with Crippen molar-refractivity contribution in [2.24, 2.45) is 11.8 Å². The first-order valence-corrected chi connectivity index (χ1v) is 8.58. The molecular weight excluding hydrogens is 274 g/mol. The lowest BCUT2D eigenvalue weighted by Crippen LogP contribution is -2.31. The van der Waals surface area contributed by atoms with Gasteiger partial charge in [-0.05, 0) is 43.2 Å².